The molecule has 4 rings (SSSR count). The maximum Gasteiger partial charge on any atom is 0.308 e. The number of hydrogen-bond acceptors (Lipinski definition) is 6. The molecule has 0 spiro atoms. The van der Waals surface area contributed by atoms with E-state index in [4.69, 9.17) is 9.47 Å². The number of esters is 2. The molecule has 7 nitrogen and oxygen atoms in total. The predicted molar refractivity (Wildman–Crippen MR) is 148 cm³/mol. The summed E-state index contributed by atoms with van der Waals surface area (Å²) in [7, 11) is 0. The fourth-order valence-electron chi connectivity index (χ4n) is 6.50. The smallest absolute Gasteiger partial charge is 0.308 e. The van der Waals surface area contributed by atoms with E-state index < -0.39 is 17.8 Å². The van der Waals surface area contributed by atoms with E-state index in [1.807, 2.05) is 19.1 Å². The van der Waals surface area contributed by atoms with Crippen molar-refractivity contribution in [3.8, 4) is 11.5 Å². The van der Waals surface area contributed by atoms with E-state index in [2.05, 4.69) is 6.92 Å². The standard InChI is InChI=1S/C32H39NO6/c1-5-23(24-9-7-6-8-10-24)19-29(25-11-15-27(16-12-25)38-21(3)34)30-20(2)31(36)33(32(30)37)26-13-17-28(18-14-26)39-22(4)35/h11-18,20,23-24,29-30H,5-10,19H2,1-4H3. The summed E-state index contributed by atoms with van der Waals surface area (Å²) in [6.45, 7) is 6.76. The zero-order valence-electron chi connectivity index (χ0n) is 23.4. The second-order valence-electron chi connectivity index (χ2n) is 11.0. The van der Waals surface area contributed by atoms with Gasteiger partial charge in [-0.2, -0.15) is 0 Å². The topological polar surface area (TPSA) is 90.0 Å². The molecule has 4 unspecified atom stereocenters. The molecule has 1 heterocycles. The van der Waals surface area contributed by atoms with Crippen LogP contribution in [-0.2, 0) is 19.2 Å². The predicted octanol–water partition coefficient (Wildman–Crippen LogP) is 6.44. The van der Waals surface area contributed by atoms with Crippen molar-refractivity contribution in [2.45, 2.75) is 78.6 Å². The average Bonchev–Trinajstić information content (AvgIpc) is 3.13. The minimum absolute atomic E-state index is 0.153. The zero-order chi connectivity index (χ0) is 28.1. The van der Waals surface area contributed by atoms with Gasteiger partial charge in [-0.05, 0) is 66.1 Å². The summed E-state index contributed by atoms with van der Waals surface area (Å²) < 4.78 is 10.4. The maximum absolute atomic E-state index is 14.0. The molecule has 1 aliphatic carbocycles. The average molecular weight is 534 g/mol. The number of carbonyl (C=O) groups is 4. The molecule has 1 saturated carbocycles. The van der Waals surface area contributed by atoms with Crippen LogP contribution in [0.15, 0.2) is 48.5 Å². The van der Waals surface area contributed by atoms with Crippen molar-refractivity contribution in [3.63, 3.8) is 0 Å². The molecule has 208 valence electrons. The molecule has 39 heavy (non-hydrogen) atoms. The van der Waals surface area contributed by atoms with Gasteiger partial charge in [0.1, 0.15) is 11.5 Å². The normalized spacial score (nSPS) is 21.5. The Morgan fingerprint density at radius 3 is 1.90 bits per heavy atom. The highest BCUT2D eigenvalue weighted by Gasteiger charge is 2.50. The number of carbonyl (C=O) groups excluding carboxylic acids is 4. The van der Waals surface area contributed by atoms with Gasteiger partial charge < -0.3 is 9.47 Å². The lowest BCUT2D eigenvalue weighted by atomic mass is 9.69. The molecule has 2 aliphatic rings. The number of ether oxygens (including phenoxy) is 2. The lowest BCUT2D eigenvalue weighted by molar-refractivity contribution is -0.132. The first-order valence-corrected chi connectivity index (χ1v) is 14.1. The highest BCUT2D eigenvalue weighted by molar-refractivity contribution is 6.22. The van der Waals surface area contributed by atoms with Gasteiger partial charge in [-0.15, -0.1) is 0 Å². The Bertz CT molecular complexity index is 1180. The van der Waals surface area contributed by atoms with E-state index in [-0.39, 0.29) is 23.7 Å². The van der Waals surface area contributed by atoms with Gasteiger partial charge in [-0.1, -0.05) is 64.5 Å². The Labute approximate surface area is 230 Å². The van der Waals surface area contributed by atoms with Crippen molar-refractivity contribution in [2.75, 3.05) is 4.90 Å². The van der Waals surface area contributed by atoms with Crippen LogP contribution in [0.2, 0.25) is 0 Å². The van der Waals surface area contributed by atoms with Crippen LogP contribution in [0.1, 0.15) is 84.1 Å². The van der Waals surface area contributed by atoms with Gasteiger partial charge in [-0.3, -0.25) is 24.1 Å². The van der Waals surface area contributed by atoms with Crippen LogP contribution in [0.3, 0.4) is 0 Å². The lowest BCUT2D eigenvalue weighted by Gasteiger charge is -2.34. The molecule has 0 radical (unpaired) electrons. The number of amides is 2. The first-order chi connectivity index (χ1) is 18.7. The van der Waals surface area contributed by atoms with Gasteiger partial charge in [0, 0.05) is 19.8 Å². The number of anilines is 1. The van der Waals surface area contributed by atoms with Crippen molar-refractivity contribution in [1.82, 2.24) is 0 Å². The number of imide groups is 1. The van der Waals surface area contributed by atoms with Crippen LogP contribution < -0.4 is 14.4 Å². The van der Waals surface area contributed by atoms with Crippen LogP contribution >= 0.6 is 0 Å². The number of benzene rings is 2. The summed E-state index contributed by atoms with van der Waals surface area (Å²) in [5.41, 5.74) is 1.45. The Morgan fingerprint density at radius 2 is 1.38 bits per heavy atom. The van der Waals surface area contributed by atoms with Gasteiger partial charge in [0.15, 0.2) is 0 Å². The highest BCUT2D eigenvalue weighted by atomic mass is 16.5. The first-order valence-electron chi connectivity index (χ1n) is 14.1. The van der Waals surface area contributed by atoms with Crippen LogP contribution in [0.4, 0.5) is 5.69 Å². The van der Waals surface area contributed by atoms with Gasteiger partial charge in [0.05, 0.1) is 11.6 Å². The third kappa shape index (κ3) is 6.57. The molecular weight excluding hydrogens is 494 g/mol. The highest BCUT2D eigenvalue weighted by Crippen LogP contribution is 2.46. The molecule has 2 fully saturated rings. The van der Waals surface area contributed by atoms with Crippen molar-refractivity contribution in [1.29, 1.82) is 0 Å². The molecule has 0 bridgehead atoms. The second kappa shape index (κ2) is 12.6. The maximum atomic E-state index is 14.0. The third-order valence-electron chi connectivity index (χ3n) is 8.41. The van der Waals surface area contributed by atoms with Gasteiger partial charge in [0.25, 0.3) is 0 Å². The van der Waals surface area contributed by atoms with Gasteiger partial charge in [-0.25, -0.2) is 0 Å². The summed E-state index contributed by atoms with van der Waals surface area (Å²) in [4.78, 5) is 51.5. The first kappa shape index (κ1) is 28.5. The third-order valence-corrected chi connectivity index (χ3v) is 8.41. The zero-order valence-corrected chi connectivity index (χ0v) is 23.4. The largest absolute Gasteiger partial charge is 0.427 e. The summed E-state index contributed by atoms with van der Waals surface area (Å²) >= 11 is 0. The van der Waals surface area contributed by atoms with E-state index in [0.29, 0.717) is 29.0 Å². The SMILES string of the molecule is CCC(CC(c1ccc(OC(C)=O)cc1)C1C(=O)N(c2ccc(OC(C)=O)cc2)C(=O)C1C)C1CCCCC1. The Hall–Kier alpha value is -3.48. The van der Waals surface area contributed by atoms with Crippen LogP contribution in [0.25, 0.3) is 0 Å². The molecule has 7 heteroatoms. The molecule has 0 N–H and O–H groups in total. The van der Waals surface area contributed by atoms with Crippen LogP contribution in [0, 0.1) is 23.7 Å². The molecular formula is C32H39NO6. The van der Waals surface area contributed by atoms with E-state index in [0.717, 1.165) is 18.4 Å². The fourth-order valence-corrected chi connectivity index (χ4v) is 6.50. The van der Waals surface area contributed by atoms with Crippen molar-refractivity contribution in [2.24, 2.45) is 23.7 Å². The molecule has 2 aromatic rings. The minimum Gasteiger partial charge on any atom is -0.427 e. The quantitative estimate of drug-likeness (QED) is 0.209. The van der Waals surface area contributed by atoms with E-state index in [9.17, 15) is 19.2 Å². The number of rotatable bonds is 9. The molecule has 2 aromatic carbocycles. The molecule has 4 atom stereocenters. The monoisotopic (exact) mass is 533 g/mol. The Morgan fingerprint density at radius 1 is 0.846 bits per heavy atom. The van der Waals surface area contributed by atoms with E-state index in [1.54, 1.807) is 36.4 Å². The molecule has 2 amide bonds. The Kier molecular flexibility index (Phi) is 9.20. The summed E-state index contributed by atoms with van der Waals surface area (Å²) in [5, 5.41) is 0. The molecule has 0 aromatic heterocycles. The fraction of sp³-hybridized carbons (Fsp3) is 0.500. The molecule has 1 aliphatic heterocycles. The van der Waals surface area contributed by atoms with E-state index >= 15 is 0 Å². The summed E-state index contributed by atoms with van der Waals surface area (Å²) in [6, 6.07) is 13.9. The van der Waals surface area contributed by atoms with Crippen molar-refractivity contribution < 1.29 is 28.7 Å². The van der Waals surface area contributed by atoms with Crippen LogP contribution in [0.5, 0.6) is 11.5 Å². The van der Waals surface area contributed by atoms with Crippen molar-refractivity contribution in [3.05, 3.63) is 54.1 Å². The van der Waals surface area contributed by atoms with Crippen LogP contribution in [-0.4, -0.2) is 23.8 Å². The van der Waals surface area contributed by atoms with Gasteiger partial charge in [0.2, 0.25) is 11.8 Å². The molecule has 1 saturated heterocycles. The Balaban J connectivity index is 1.66. The lowest BCUT2D eigenvalue weighted by Crippen LogP contribution is -2.32. The minimum atomic E-state index is -0.511. The second-order valence-corrected chi connectivity index (χ2v) is 11.0. The number of nitrogens with zero attached hydrogens (tertiary/aromatic N) is 1. The van der Waals surface area contributed by atoms with E-state index in [1.165, 1.54) is 50.9 Å². The van der Waals surface area contributed by atoms with Crippen molar-refractivity contribution >= 4 is 29.4 Å². The summed E-state index contributed by atoms with van der Waals surface area (Å²) in [6.07, 6.45) is 8.05. The summed E-state index contributed by atoms with van der Waals surface area (Å²) in [5.74, 6) is -0.512. The van der Waals surface area contributed by atoms with Gasteiger partial charge >= 0.3 is 11.9 Å². The number of hydrogen-bond donors (Lipinski definition) is 0.